The molecule has 1 heteroatoms. The van der Waals surface area contributed by atoms with Gasteiger partial charge in [0.15, 0.2) is 0 Å². The van der Waals surface area contributed by atoms with Crippen molar-refractivity contribution in [1.82, 2.24) is 0 Å². The second-order valence-electron chi connectivity index (χ2n) is 5.14. The molecule has 0 bridgehead atoms. The van der Waals surface area contributed by atoms with Crippen molar-refractivity contribution in [3.8, 4) is 0 Å². The van der Waals surface area contributed by atoms with Crippen LogP contribution in [0.5, 0.6) is 0 Å². The molecule has 0 amide bonds. The second kappa shape index (κ2) is 4.00. The molecular weight excluding hydrogens is 160 g/mol. The van der Waals surface area contributed by atoms with E-state index in [1.54, 1.807) is 0 Å². The predicted octanol–water partition coefficient (Wildman–Crippen LogP) is 3.48. The van der Waals surface area contributed by atoms with Gasteiger partial charge in [0.25, 0.3) is 0 Å². The fourth-order valence-corrected chi connectivity index (χ4v) is 2.97. The van der Waals surface area contributed by atoms with Gasteiger partial charge in [-0.3, -0.25) is 0 Å². The maximum absolute atomic E-state index is 5.47. The van der Waals surface area contributed by atoms with Crippen molar-refractivity contribution in [3.05, 3.63) is 0 Å². The van der Waals surface area contributed by atoms with Crippen LogP contribution >= 0.6 is 0 Å². The lowest BCUT2D eigenvalue weighted by Gasteiger charge is -2.38. The summed E-state index contributed by atoms with van der Waals surface area (Å²) in [6, 6.07) is 0. The normalized spacial score (nSPS) is 27.5. The molecule has 1 fully saturated rings. The Labute approximate surface area is 82.9 Å². The summed E-state index contributed by atoms with van der Waals surface area (Å²) in [5, 5.41) is 0. The van der Waals surface area contributed by atoms with Gasteiger partial charge < -0.3 is 4.74 Å². The summed E-state index contributed by atoms with van der Waals surface area (Å²) in [5.41, 5.74) is 0.542. The van der Waals surface area contributed by atoms with E-state index in [1.165, 1.54) is 19.3 Å². The molecule has 0 aromatic rings. The van der Waals surface area contributed by atoms with E-state index in [0.717, 1.165) is 11.8 Å². The Bertz CT molecular complexity index is 153. The lowest BCUT2D eigenvalue weighted by molar-refractivity contribution is 0.0619. The summed E-state index contributed by atoms with van der Waals surface area (Å²) in [6.07, 6.45) is 4.39. The smallest absolute Gasteiger partial charge is 0.0577 e. The number of rotatable bonds is 3. The van der Waals surface area contributed by atoms with Gasteiger partial charge in [0, 0.05) is 7.11 Å². The minimum absolute atomic E-state index is 0.518. The summed E-state index contributed by atoms with van der Waals surface area (Å²) >= 11 is 0. The lowest BCUT2D eigenvalue weighted by atomic mass is 9.68. The van der Waals surface area contributed by atoms with Crippen LogP contribution in [-0.4, -0.2) is 13.2 Å². The van der Waals surface area contributed by atoms with E-state index >= 15 is 0 Å². The maximum Gasteiger partial charge on any atom is 0.0577 e. The van der Waals surface area contributed by atoms with Gasteiger partial charge in [0.2, 0.25) is 0 Å². The van der Waals surface area contributed by atoms with Crippen molar-refractivity contribution in [3.63, 3.8) is 0 Å². The fourth-order valence-electron chi connectivity index (χ4n) is 2.97. The Balaban J connectivity index is 2.72. The van der Waals surface area contributed by atoms with Crippen LogP contribution in [0.15, 0.2) is 0 Å². The first-order valence-electron chi connectivity index (χ1n) is 5.55. The Kier molecular flexibility index (Phi) is 3.39. The molecule has 0 heterocycles. The van der Waals surface area contributed by atoms with Crippen LogP contribution < -0.4 is 0 Å². The number of methoxy groups -OCH3 is 1. The molecule has 1 aliphatic rings. The summed E-state index contributed by atoms with van der Waals surface area (Å²) in [4.78, 5) is 0. The molecule has 1 atom stereocenters. The van der Waals surface area contributed by atoms with Crippen molar-refractivity contribution < 1.29 is 4.74 Å². The van der Waals surface area contributed by atoms with Crippen molar-refractivity contribution in [2.24, 2.45) is 17.3 Å². The molecule has 0 aromatic carbocycles. The third-order valence-corrected chi connectivity index (χ3v) is 4.17. The van der Waals surface area contributed by atoms with Crippen LogP contribution in [0.3, 0.4) is 0 Å². The molecule has 1 nitrogen and oxygen atoms in total. The van der Waals surface area contributed by atoms with Crippen molar-refractivity contribution in [2.45, 2.75) is 53.1 Å². The van der Waals surface area contributed by atoms with Crippen molar-refractivity contribution in [2.75, 3.05) is 7.11 Å². The highest BCUT2D eigenvalue weighted by atomic mass is 16.5. The van der Waals surface area contributed by atoms with E-state index in [9.17, 15) is 0 Å². The molecular formula is C12H24O. The third-order valence-electron chi connectivity index (χ3n) is 4.17. The van der Waals surface area contributed by atoms with Gasteiger partial charge in [-0.05, 0) is 36.5 Å². The zero-order valence-corrected chi connectivity index (χ0v) is 9.76. The van der Waals surface area contributed by atoms with E-state index < -0.39 is 0 Å². The van der Waals surface area contributed by atoms with Gasteiger partial charge in [0.1, 0.15) is 0 Å². The van der Waals surface area contributed by atoms with E-state index in [2.05, 4.69) is 27.7 Å². The van der Waals surface area contributed by atoms with E-state index in [1.807, 2.05) is 7.11 Å². The average Bonchev–Trinajstić information content (AvgIpc) is 2.48. The molecule has 78 valence electrons. The molecule has 0 N–H and O–H groups in total. The van der Waals surface area contributed by atoms with Crippen LogP contribution in [0.2, 0.25) is 0 Å². The molecule has 0 spiro atoms. The second-order valence-corrected chi connectivity index (χ2v) is 5.14. The number of hydrogen-bond donors (Lipinski definition) is 0. The summed E-state index contributed by atoms with van der Waals surface area (Å²) in [7, 11) is 1.85. The molecule has 1 saturated carbocycles. The first kappa shape index (κ1) is 11.0. The fraction of sp³-hybridized carbons (Fsp3) is 1.00. The zero-order chi connectivity index (χ0) is 10.1. The average molecular weight is 184 g/mol. The molecule has 1 aliphatic carbocycles. The largest absolute Gasteiger partial charge is 0.381 e. The lowest BCUT2D eigenvalue weighted by Crippen LogP contribution is -2.31. The van der Waals surface area contributed by atoms with Crippen LogP contribution in [0.1, 0.15) is 47.0 Å². The summed E-state index contributed by atoms with van der Waals surface area (Å²) in [6.45, 7) is 9.44. The van der Waals surface area contributed by atoms with Crippen molar-refractivity contribution >= 4 is 0 Å². The highest BCUT2D eigenvalue weighted by Crippen LogP contribution is 2.50. The topological polar surface area (TPSA) is 9.23 Å². The van der Waals surface area contributed by atoms with Crippen LogP contribution in [-0.2, 0) is 4.74 Å². The van der Waals surface area contributed by atoms with E-state index in [4.69, 9.17) is 4.74 Å². The zero-order valence-electron chi connectivity index (χ0n) is 9.76. The minimum atomic E-state index is 0.518. The Hall–Kier alpha value is -0.0400. The van der Waals surface area contributed by atoms with Gasteiger partial charge in [-0.2, -0.15) is 0 Å². The maximum atomic E-state index is 5.47. The first-order chi connectivity index (χ1) is 6.03. The quantitative estimate of drug-likeness (QED) is 0.652. The van der Waals surface area contributed by atoms with E-state index in [0.29, 0.717) is 11.5 Å². The standard InChI is InChI=1S/C12H24O/c1-9(2)12(10(3)4)7-6-11(8-12)13-5/h9-11H,6-8H2,1-5H3/t11-/m1/s1. The van der Waals surface area contributed by atoms with E-state index in [-0.39, 0.29) is 0 Å². The minimum Gasteiger partial charge on any atom is -0.381 e. The van der Waals surface area contributed by atoms with Crippen molar-refractivity contribution in [1.29, 1.82) is 0 Å². The Morgan fingerprint density at radius 1 is 1.15 bits per heavy atom. The van der Waals surface area contributed by atoms with Crippen LogP contribution in [0, 0.1) is 17.3 Å². The third kappa shape index (κ3) is 1.90. The van der Waals surface area contributed by atoms with Gasteiger partial charge in [0.05, 0.1) is 6.10 Å². The Morgan fingerprint density at radius 2 is 1.69 bits per heavy atom. The summed E-state index contributed by atoms with van der Waals surface area (Å²) < 4.78 is 5.47. The van der Waals surface area contributed by atoms with Gasteiger partial charge >= 0.3 is 0 Å². The SMILES string of the molecule is CO[C@@H]1CCC(C(C)C)(C(C)C)C1. The molecule has 0 aliphatic heterocycles. The monoisotopic (exact) mass is 184 g/mol. The molecule has 0 unspecified atom stereocenters. The molecule has 1 rings (SSSR count). The number of ether oxygens (including phenoxy) is 1. The molecule has 0 aromatic heterocycles. The van der Waals surface area contributed by atoms with Crippen LogP contribution in [0.25, 0.3) is 0 Å². The highest BCUT2D eigenvalue weighted by Gasteiger charge is 2.43. The molecule has 0 saturated heterocycles. The molecule has 0 radical (unpaired) electrons. The Morgan fingerprint density at radius 3 is 1.92 bits per heavy atom. The first-order valence-corrected chi connectivity index (χ1v) is 5.55. The van der Waals surface area contributed by atoms with Gasteiger partial charge in [-0.15, -0.1) is 0 Å². The molecule has 13 heavy (non-hydrogen) atoms. The highest BCUT2D eigenvalue weighted by molar-refractivity contribution is 4.93. The van der Waals surface area contributed by atoms with Gasteiger partial charge in [-0.25, -0.2) is 0 Å². The van der Waals surface area contributed by atoms with Gasteiger partial charge in [-0.1, -0.05) is 27.7 Å². The predicted molar refractivity (Wildman–Crippen MR) is 56.8 cm³/mol. The summed E-state index contributed by atoms with van der Waals surface area (Å²) in [5.74, 6) is 1.57. The van der Waals surface area contributed by atoms with Crippen LogP contribution in [0.4, 0.5) is 0 Å². The number of hydrogen-bond acceptors (Lipinski definition) is 1.